The molecule has 0 aliphatic rings. The molecule has 2 aromatic rings. The molecule has 68 valence electrons. The molecule has 13 heavy (non-hydrogen) atoms. The second-order valence-corrected chi connectivity index (χ2v) is 3.81. The van der Waals surface area contributed by atoms with Crippen molar-refractivity contribution in [3.05, 3.63) is 34.5 Å². The van der Waals surface area contributed by atoms with Crippen molar-refractivity contribution in [3.63, 3.8) is 0 Å². The van der Waals surface area contributed by atoms with E-state index in [1.54, 1.807) is 6.26 Å². The summed E-state index contributed by atoms with van der Waals surface area (Å²) in [6.07, 6.45) is 2.62. The van der Waals surface area contributed by atoms with Crippen molar-refractivity contribution in [2.24, 2.45) is 5.73 Å². The van der Waals surface area contributed by atoms with E-state index in [-0.39, 0.29) is 0 Å². The van der Waals surface area contributed by atoms with Crippen LogP contribution in [0.1, 0.15) is 5.56 Å². The van der Waals surface area contributed by atoms with Crippen molar-refractivity contribution in [2.75, 3.05) is 6.54 Å². The number of fused-ring (bicyclic) bond motifs is 1. The molecular weight excluding hydrogens is 230 g/mol. The fraction of sp³-hybridized carbons (Fsp3) is 0.200. The van der Waals surface area contributed by atoms with Crippen LogP contribution in [-0.2, 0) is 6.42 Å². The molecule has 1 aromatic heterocycles. The lowest BCUT2D eigenvalue weighted by Gasteiger charge is -1.97. The Hall–Kier alpha value is -0.800. The van der Waals surface area contributed by atoms with Gasteiger partial charge in [0, 0.05) is 5.39 Å². The number of hydrogen-bond acceptors (Lipinski definition) is 2. The van der Waals surface area contributed by atoms with Crippen LogP contribution in [-0.4, -0.2) is 6.54 Å². The van der Waals surface area contributed by atoms with Gasteiger partial charge in [0.05, 0.1) is 4.47 Å². The second-order valence-electron chi connectivity index (χ2n) is 2.95. The van der Waals surface area contributed by atoms with E-state index >= 15 is 0 Å². The number of benzene rings is 1. The van der Waals surface area contributed by atoms with Gasteiger partial charge >= 0.3 is 0 Å². The average molecular weight is 240 g/mol. The lowest BCUT2D eigenvalue weighted by molar-refractivity contribution is 0.613. The Labute approximate surface area is 84.8 Å². The van der Waals surface area contributed by atoms with Gasteiger partial charge < -0.3 is 10.2 Å². The van der Waals surface area contributed by atoms with Crippen LogP contribution in [0.4, 0.5) is 0 Å². The van der Waals surface area contributed by atoms with E-state index in [2.05, 4.69) is 22.0 Å². The first-order valence-electron chi connectivity index (χ1n) is 4.17. The van der Waals surface area contributed by atoms with Gasteiger partial charge in [-0.15, -0.1) is 0 Å². The molecule has 0 atom stereocenters. The molecule has 0 saturated carbocycles. The zero-order chi connectivity index (χ0) is 9.26. The molecule has 1 heterocycles. The van der Waals surface area contributed by atoms with Gasteiger partial charge in [0.15, 0.2) is 0 Å². The molecule has 3 heteroatoms. The van der Waals surface area contributed by atoms with Gasteiger partial charge in [-0.3, -0.25) is 0 Å². The summed E-state index contributed by atoms with van der Waals surface area (Å²) >= 11 is 3.43. The van der Waals surface area contributed by atoms with Crippen molar-refractivity contribution >= 4 is 26.9 Å². The third-order valence-corrected chi connectivity index (χ3v) is 2.64. The topological polar surface area (TPSA) is 39.2 Å². The maximum atomic E-state index is 5.48. The van der Waals surface area contributed by atoms with Gasteiger partial charge in [0.2, 0.25) is 0 Å². The highest BCUT2D eigenvalue weighted by atomic mass is 79.9. The molecule has 0 aliphatic heterocycles. The Bertz CT molecular complexity index is 422. The van der Waals surface area contributed by atoms with Crippen molar-refractivity contribution in [1.82, 2.24) is 0 Å². The second kappa shape index (κ2) is 3.52. The summed E-state index contributed by atoms with van der Waals surface area (Å²) in [6.45, 7) is 0.682. The molecule has 0 fully saturated rings. The molecule has 0 aliphatic carbocycles. The summed E-state index contributed by atoms with van der Waals surface area (Å²) < 4.78 is 6.30. The van der Waals surface area contributed by atoms with Crippen molar-refractivity contribution in [1.29, 1.82) is 0 Å². The zero-order valence-electron chi connectivity index (χ0n) is 7.09. The van der Waals surface area contributed by atoms with Crippen LogP contribution in [0.15, 0.2) is 33.4 Å². The molecule has 0 amide bonds. The molecule has 1 aromatic carbocycles. The molecule has 2 N–H and O–H groups in total. The first-order valence-corrected chi connectivity index (χ1v) is 4.96. The van der Waals surface area contributed by atoms with Crippen LogP contribution >= 0.6 is 15.9 Å². The number of halogens is 1. The average Bonchev–Trinajstić information content (AvgIpc) is 2.49. The van der Waals surface area contributed by atoms with Crippen LogP contribution in [0, 0.1) is 0 Å². The van der Waals surface area contributed by atoms with Gasteiger partial charge in [0.1, 0.15) is 11.8 Å². The highest BCUT2D eigenvalue weighted by Gasteiger charge is 2.03. The van der Waals surface area contributed by atoms with Crippen molar-refractivity contribution in [2.45, 2.75) is 6.42 Å². The first-order chi connectivity index (χ1) is 6.31. The van der Waals surface area contributed by atoms with Gasteiger partial charge in [-0.25, -0.2) is 0 Å². The van der Waals surface area contributed by atoms with Crippen LogP contribution < -0.4 is 5.73 Å². The number of rotatable bonds is 2. The van der Waals surface area contributed by atoms with Gasteiger partial charge in [-0.1, -0.05) is 6.07 Å². The Morgan fingerprint density at radius 1 is 1.38 bits per heavy atom. The Balaban J connectivity index is 2.53. The Kier molecular flexibility index (Phi) is 2.38. The first kappa shape index (κ1) is 8.78. The molecule has 2 nitrogen and oxygen atoms in total. The normalized spacial score (nSPS) is 10.9. The van der Waals surface area contributed by atoms with Crippen LogP contribution in [0.5, 0.6) is 0 Å². The predicted octanol–water partition coefficient (Wildman–Crippen LogP) is 2.70. The molecule has 0 bridgehead atoms. The fourth-order valence-corrected chi connectivity index (χ4v) is 1.77. The van der Waals surface area contributed by atoms with E-state index in [0.717, 1.165) is 21.9 Å². The number of hydrogen-bond donors (Lipinski definition) is 1. The number of nitrogens with two attached hydrogens (primary N) is 1. The van der Waals surface area contributed by atoms with E-state index in [9.17, 15) is 0 Å². The predicted molar refractivity (Wildman–Crippen MR) is 56.7 cm³/mol. The smallest absolute Gasteiger partial charge is 0.135 e. The molecular formula is C10H10BrNO. The Morgan fingerprint density at radius 3 is 3.00 bits per heavy atom. The van der Waals surface area contributed by atoms with E-state index in [0.29, 0.717) is 6.54 Å². The van der Waals surface area contributed by atoms with Crippen molar-refractivity contribution < 1.29 is 4.42 Å². The highest BCUT2D eigenvalue weighted by Crippen LogP contribution is 2.26. The molecule has 2 rings (SSSR count). The fourth-order valence-electron chi connectivity index (χ4n) is 1.37. The maximum absolute atomic E-state index is 5.48. The summed E-state index contributed by atoms with van der Waals surface area (Å²) in [4.78, 5) is 0. The summed E-state index contributed by atoms with van der Waals surface area (Å²) in [7, 11) is 0. The van der Waals surface area contributed by atoms with Crippen LogP contribution in [0.25, 0.3) is 11.0 Å². The van der Waals surface area contributed by atoms with Crippen LogP contribution in [0.2, 0.25) is 0 Å². The molecule has 0 radical (unpaired) electrons. The van der Waals surface area contributed by atoms with E-state index in [4.69, 9.17) is 10.2 Å². The van der Waals surface area contributed by atoms with E-state index in [1.807, 2.05) is 12.1 Å². The Morgan fingerprint density at radius 2 is 2.23 bits per heavy atom. The largest absolute Gasteiger partial charge is 0.463 e. The monoisotopic (exact) mass is 239 g/mol. The lowest BCUT2D eigenvalue weighted by Crippen LogP contribution is -2.02. The molecule has 0 unspecified atom stereocenters. The molecule has 0 spiro atoms. The third kappa shape index (κ3) is 1.62. The minimum absolute atomic E-state index is 0.682. The van der Waals surface area contributed by atoms with Gasteiger partial charge in [-0.05, 0) is 46.6 Å². The third-order valence-electron chi connectivity index (χ3n) is 2.02. The van der Waals surface area contributed by atoms with Crippen LogP contribution in [0.3, 0.4) is 0 Å². The van der Waals surface area contributed by atoms with E-state index in [1.165, 1.54) is 5.56 Å². The number of furan rings is 1. The lowest BCUT2D eigenvalue weighted by atomic mass is 10.1. The summed E-state index contributed by atoms with van der Waals surface area (Å²) in [5, 5.41) is 1.12. The summed E-state index contributed by atoms with van der Waals surface area (Å²) in [5.41, 5.74) is 7.64. The maximum Gasteiger partial charge on any atom is 0.135 e. The van der Waals surface area contributed by atoms with Gasteiger partial charge in [-0.2, -0.15) is 0 Å². The minimum Gasteiger partial charge on any atom is -0.463 e. The van der Waals surface area contributed by atoms with Crippen molar-refractivity contribution in [3.8, 4) is 0 Å². The summed E-state index contributed by atoms with van der Waals surface area (Å²) in [5.74, 6) is 0. The van der Waals surface area contributed by atoms with Gasteiger partial charge in [0.25, 0.3) is 0 Å². The molecule has 0 saturated heterocycles. The quantitative estimate of drug-likeness (QED) is 0.876. The standard InChI is InChI=1S/C10H10BrNO/c11-9-6-13-10-2-1-7(3-4-12)5-8(9)10/h1-2,5-6H,3-4,12H2. The van der Waals surface area contributed by atoms with E-state index < -0.39 is 0 Å². The SMILES string of the molecule is NCCc1ccc2occ(Br)c2c1. The minimum atomic E-state index is 0.682. The zero-order valence-corrected chi connectivity index (χ0v) is 8.67. The highest BCUT2D eigenvalue weighted by molar-refractivity contribution is 9.10. The summed E-state index contributed by atoms with van der Waals surface area (Å²) in [6, 6.07) is 6.13.